The van der Waals surface area contributed by atoms with Crippen LogP contribution in [0, 0.1) is 0 Å². The zero-order valence-electron chi connectivity index (χ0n) is 10.6. The van der Waals surface area contributed by atoms with Gasteiger partial charge in [-0.05, 0) is 18.2 Å². The van der Waals surface area contributed by atoms with E-state index in [1.807, 2.05) is 24.3 Å². The Morgan fingerprint density at radius 2 is 2.16 bits per heavy atom. The van der Waals surface area contributed by atoms with Gasteiger partial charge in [-0.15, -0.1) is 0 Å². The smallest absolute Gasteiger partial charge is 0.250 e. The van der Waals surface area contributed by atoms with Crippen molar-refractivity contribution in [1.82, 2.24) is 4.57 Å². The highest BCUT2D eigenvalue weighted by Gasteiger charge is 1.99. The first-order chi connectivity index (χ1) is 9.19. The number of anilines is 1. The van der Waals surface area contributed by atoms with E-state index in [0.717, 1.165) is 15.9 Å². The fraction of sp³-hybridized carbons (Fsp3) is 0.214. The van der Waals surface area contributed by atoms with Crippen molar-refractivity contribution in [2.24, 2.45) is 0 Å². The molecular weight excluding hydrogens is 308 g/mol. The van der Waals surface area contributed by atoms with Crippen molar-refractivity contribution in [2.75, 3.05) is 19.0 Å². The average Bonchev–Trinajstić information content (AvgIpc) is 2.40. The predicted molar refractivity (Wildman–Crippen MR) is 79.9 cm³/mol. The molecule has 4 nitrogen and oxygen atoms in total. The molecule has 1 aromatic heterocycles. The summed E-state index contributed by atoms with van der Waals surface area (Å²) in [6, 6.07) is 10.9. The second kappa shape index (κ2) is 6.43. The van der Waals surface area contributed by atoms with Gasteiger partial charge in [-0.1, -0.05) is 22.0 Å². The Labute approximate surface area is 120 Å². The fourth-order valence-electron chi connectivity index (χ4n) is 1.75. The van der Waals surface area contributed by atoms with Gasteiger partial charge < -0.3 is 14.6 Å². The summed E-state index contributed by atoms with van der Waals surface area (Å²) in [6.07, 6.45) is 1.78. The molecule has 0 aliphatic carbocycles. The van der Waals surface area contributed by atoms with Crippen molar-refractivity contribution < 1.29 is 4.74 Å². The maximum atomic E-state index is 11.5. The first-order valence-corrected chi connectivity index (χ1v) is 6.72. The predicted octanol–water partition coefficient (Wildman–Crippen LogP) is 2.73. The summed E-state index contributed by atoms with van der Waals surface area (Å²) in [5, 5.41) is 3.27. The van der Waals surface area contributed by atoms with E-state index in [1.165, 1.54) is 0 Å². The van der Waals surface area contributed by atoms with Gasteiger partial charge in [0.15, 0.2) is 0 Å². The van der Waals surface area contributed by atoms with Gasteiger partial charge in [0.05, 0.1) is 7.11 Å². The molecule has 19 heavy (non-hydrogen) atoms. The molecule has 0 radical (unpaired) electrons. The van der Waals surface area contributed by atoms with E-state index >= 15 is 0 Å². The molecule has 0 aliphatic heterocycles. The Hall–Kier alpha value is -1.75. The molecule has 1 heterocycles. The van der Waals surface area contributed by atoms with Crippen LogP contribution in [0.15, 0.2) is 51.9 Å². The number of ether oxygens (including phenoxy) is 1. The normalized spacial score (nSPS) is 10.2. The van der Waals surface area contributed by atoms with E-state index in [4.69, 9.17) is 4.74 Å². The molecule has 0 atom stereocenters. The van der Waals surface area contributed by atoms with Gasteiger partial charge in [-0.3, -0.25) is 4.79 Å². The first kappa shape index (κ1) is 13.7. The summed E-state index contributed by atoms with van der Waals surface area (Å²) in [7, 11) is 1.63. The lowest BCUT2D eigenvalue weighted by Gasteiger charge is -2.10. The molecule has 0 bridgehead atoms. The van der Waals surface area contributed by atoms with Crippen LogP contribution in [0.25, 0.3) is 0 Å². The van der Waals surface area contributed by atoms with E-state index in [0.29, 0.717) is 13.1 Å². The van der Waals surface area contributed by atoms with E-state index in [2.05, 4.69) is 21.2 Å². The van der Waals surface area contributed by atoms with Crippen LogP contribution in [0.1, 0.15) is 0 Å². The SMILES string of the molecule is COc1cc(Br)cc(NCCn2ccccc2=O)c1. The number of hydrogen-bond acceptors (Lipinski definition) is 3. The Morgan fingerprint density at radius 3 is 2.89 bits per heavy atom. The minimum atomic E-state index is 0.0103. The van der Waals surface area contributed by atoms with Crippen LogP contribution in [0.5, 0.6) is 5.75 Å². The maximum Gasteiger partial charge on any atom is 0.250 e. The number of benzene rings is 1. The molecule has 1 aromatic carbocycles. The molecule has 1 N–H and O–H groups in total. The summed E-state index contributed by atoms with van der Waals surface area (Å²) in [6.45, 7) is 1.29. The summed E-state index contributed by atoms with van der Waals surface area (Å²) in [5.74, 6) is 0.786. The van der Waals surface area contributed by atoms with Gasteiger partial charge in [0, 0.05) is 41.6 Å². The quantitative estimate of drug-likeness (QED) is 0.920. The van der Waals surface area contributed by atoms with Crippen molar-refractivity contribution in [1.29, 1.82) is 0 Å². The maximum absolute atomic E-state index is 11.5. The Balaban J connectivity index is 1.98. The topological polar surface area (TPSA) is 43.3 Å². The van der Waals surface area contributed by atoms with Crippen molar-refractivity contribution in [3.63, 3.8) is 0 Å². The molecule has 2 rings (SSSR count). The molecular formula is C14H15BrN2O2. The lowest BCUT2D eigenvalue weighted by molar-refractivity contribution is 0.414. The van der Waals surface area contributed by atoms with Gasteiger partial charge in [0.1, 0.15) is 5.75 Å². The van der Waals surface area contributed by atoms with Crippen LogP contribution < -0.4 is 15.6 Å². The van der Waals surface area contributed by atoms with Crippen LogP contribution in [0.4, 0.5) is 5.69 Å². The Morgan fingerprint density at radius 1 is 1.32 bits per heavy atom. The van der Waals surface area contributed by atoms with E-state index < -0.39 is 0 Å². The van der Waals surface area contributed by atoms with Crippen molar-refractivity contribution in [3.05, 3.63) is 57.4 Å². The first-order valence-electron chi connectivity index (χ1n) is 5.93. The monoisotopic (exact) mass is 322 g/mol. The highest BCUT2D eigenvalue weighted by atomic mass is 79.9. The molecule has 0 aliphatic rings. The highest BCUT2D eigenvalue weighted by molar-refractivity contribution is 9.10. The third kappa shape index (κ3) is 3.86. The lowest BCUT2D eigenvalue weighted by Crippen LogP contribution is -2.21. The van der Waals surface area contributed by atoms with E-state index in [9.17, 15) is 4.79 Å². The van der Waals surface area contributed by atoms with Gasteiger partial charge in [0.25, 0.3) is 5.56 Å². The number of hydrogen-bond donors (Lipinski definition) is 1. The van der Waals surface area contributed by atoms with Crippen LogP contribution in [-0.4, -0.2) is 18.2 Å². The number of nitrogens with one attached hydrogen (secondary N) is 1. The van der Waals surface area contributed by atoms with Gasteiger partial charge in [-0.2, -0.15) is 0 Å². The molecule has 0 spiro atoms. The van der Waals surface area contributed by atoms with Gasteiger partial charge in [0.2, 0.25) is 0 Å². The zero-order chi connectivity index (χ0) is 13.7. The number of aromatic nitrogens is 1. The van der Waals surface area contributed by atoms with Gasteiger partial charge in [-0.25, -0.2) is 0 Å². The number of nitrogens with zero attached hydrogens (tertiary/aromatic N) is 1. The molecule has 5 heteroatoms. The second-order valence-corrected chi connectivity index (χ2v) is 4.95. The average molecular weight is 323 g/mol. The molecule has 2 aromatic rings. The van der Waals surface area contributed by atoms with Crippen molar-refractivity contribution in [2.45, 2.75) is 6.54 Å². The molecule has 0 fully saturated rings. The third-order valence-electron chi connectivity index (χ3n) is 2.69. The Bertz CT molecular complexity index is 610. The van der Waals surface area contributed by atoms with Crippen molar-refractivity contribution >= 4 is 21.6 Å². The molecule has 0 unspecified atom stereocenters. The fourth-order valence-corrected chi connectivity index (χ4v) is 2.22. The summed E-state index contributed by atoms with van der Waals surface area (Å²) in [5.41, 5.74) is 0.964. The van der Waals surface area contributed by atoms with Crippen molar-refractivity contribution in [3.8, 4) is 5.75 Å². The largest absolute Gasteiger partial charge is 0.497 e. The molecule has 0 saturated heterocycles. The minimum Gasteiger partial charge on any atom is -0.497 e. The lowest BCUT2D eigenvalue weighted by atomic mass is 10.3. The highest BCUT2D eigenvalue weighted by Crippen LogP contribution is 2.24. The Kier molecular flexibility index (Phi) is 4.63. The van der Waals surface area contributed by atoms with Crippen LogP contribution in [0.3, 0.4) is 0 Å². The standard InChI is InChI=1S/C14H15BrN2O2/c1-19-13-9-11(15)8-12(10-13)16-5-7-17-6-3-2-4-14(17)18/h2-4,6,8-10,16H,5,7H2,1H3. The number of pyridine rings is 1. The molecule has 0 amide bonds. The van der Waals surface area contributed by atoms with Crippen LogP contribution >= 0.6 is 15.9 Å². The summed E-state index contributed by atoms with van der Waals surface area (Å²) >= 11 is 3.43. The zero-order valence-corrected chi connectivity index (χ0v) is 12.2. The minimum absolute atomic E-state index is 0.0103. The second-order valence-electron chi connectivity index (χ2n) is 4.04. The molecule has 100 valence electrons. The third-order valence-corrected chi connectivity index (χ3v) is 3.15. The number of methoxy groups -OCH3 is 1. The number of halogens is 1. The number of rotatable bonds is 5. The van der Waals surface area contributed by atoms with Crippen LogP contribution in [0.2, 0.25) is 0 Å². The van der Waals surface area contributed by atoms with E-state index in [1.54, 1.807) is 30.0 Å². The van der Waals surface area contributed by atoms with Gasteiger partial charge >= 0.3 is 0 Å². The summed E-state index contributed by atoms with van der Waals surface area (Å²) < 4.78 is 7.81. The van der Waals surface area contributed by atoms with Crippen LogP contribution in [-0.2, 0) is 6.54 Å². The van der Waals surface area contributed by atoms with E-state index in [-0.39, 0.29) is 5.56 Å². The summed E-state index contributed by atoms with van der Waals surface area (Å²) in [4.78, 5) is 11.5. The molecule has 0 saturated carbocycles.